The van der Waals surface area contributed by atoms with E-state index >= 15 is 0 Å². The van der Waals surface area contributed by atoms with Gasteiger partial charge in [-0.05, 0) is 27.1 Å². The molecule has 7 nitrogen and oxygen atoms in total. The zero-order valence-electron chi connectivity index (χ0n) is 12.8. The molecule has 0 fully saturated rings. The molecule has 0 bridgehead atoms. The number of unbranched alkanes of at least 4 members (excludes halogenated alkanes) is 4. The molecule has 0 radical (unpaired) electrons. The van der Waals surface area contributed by atoms with Crippen molar-refractivity contribution in [3.8, 4) is 0 Å². The van der Waals surface area contributed by atoms with E-state index in [0.717, 1.165) is 13.1 Å². The van der Waals surface area contributed by atoms with Crippen LogP contribution in [0.5, 0.6) is 0 Å². The van der Waals surface area contributed by atoms with Crippen LogP contribution in [0.3, 0.4) is 0 Å². The van der Waals surface area contributed by atoms with Gasteiger partial charge in [0.15, 0.2) is 0 Å². The Morgan fingerprint density at radius 2 is 1.22 bits per heavy atom. The Labute approximate surface area is 113 Å². The molecule has 7 heteroatoms. The van der Waals surface area contributed by atoms with E-state index in [4.69, 9.17) is 11.6 Å². The highest BCUT2D eigenvalue weighted by Gasteiger charge is 1.83. The summed E-state index contributed by atoms with van der Waals surface area (Å²) in [4.78, 5) is 0. The number of nitrogens with one attached hydrogen (secondary N) is 3. The van der Waals surface area contributed by atoms with Gasteiger partial charge in [0, 0.05) is 6.54 Å². The molecule has 0 unspecified atom stereocenters. The molecule has 116 valence electrons. The zero-order chi connectivity index (χ0) is 15.1. The van der Waals surface area contributed by atoms with Gasteiger partial charge in [0.1, 0.15) is 0 Å². The minimum atomic E-state index is 0.847. The SMILES string of the molecule is CCCCCCCN.CCNN.CNNC.NN. The van der Waals surface area contributed by atoms with Crippen molar-refractivity contribution >= 4 is 0 Å². The maximum absolute atomic E-state index is 5.31. The molecule has 0 saturated heterocycles. The monoisotopic (exact) mass is 267 g/mol. The molecule has 0 rings (SSSR count). The first-order chi connectivity index (χ1) is 8.74. The summed E-state index contributed by atoms with van der Waals surface area (Å²) in [5.41, 5.74) is 13.1. The average molecular weight is 267 g/mol. The molecule has 0 saturated carbocycles. The maximum Gasteiger partial charge on any atom is 0.00689 e. The second kappa shape index (κ2) is 43.7. The van der Waals surface area contributed by atoms with E-state index in [1.54, 1.807) is 0 Å². The van der Waals surface area contributed by atoms with Crippen LogP contribution in [-0.2, 0) is 0 Å². The topological polar surface area (TPSA) is 140 Å². The van der Waals surface area contributed by atoms with Crippen molar-refractivity contribution in [2.24, 2.45) is 23.3 Å². The smallest absolute Gasteiger partial charge is 0.00689 e. The lowest BCUT2D eigenvalue weighted by atomic mass is 10.2. The van der Waals surface area contributed by atoms with Gasteiger partial charge in [-0.15, -0.1) is 0 Å². The van der Waals surface area contributed by atoms with Gasteiger partial charge in [-0.3, -0.25) is 33.8 Å². The molecule has 0 spiro atoms. The summed E-state index contributed by atoms with van der Waals surface area (Å²) < 4.78 is 0. The Balaban J connectivity index is -0.0000000834. The Morgan fingerprint density at radius 3 is 1.44 bits per heavy atom. The predicted molar refractivity (Wildman–Crippen MR) is 82.2 cm³/mol. The van der Waals surface area contributed by atoms with Gasteiger partial charge in [0.2, 0.25) is 0 Å². The Kier molecular flexibility index (Phi) is 63.9. The van der Waals surface area contributed by atoms with Crippen LogP contribution in [0.4, 0.5) is 0 Å². The van der Waals surface area contributed by atoms with Crippen LogP contribution in [0.2, 0.25) is 0 Å². The fourth-order valence-electron chi connectivity index (χ4n) is 0.748. The molecule has 18 heavy (non-hydrogen) atoms. The van der Waals surface area contributed by atoms with Gasteiger partial charge in [-0.2, -0.15) is 0 Å². The van der Waals surface area contributed by atoms with Gasteiger partial charge < -0.3 is 5.73 Å². The van der Waals surface area contributed by atoms with Crippen molar-refractivity contribution in [1.29, 1.82) is 0 Å². The summed E-state index contributed by atoms with van der Waals surface area (Å²) in [5, 5.41) is 0. The first-order valence-corrected chi connectivity index (χ1v) is 6.55. The molecule has 0 aromatic heterocycles. The molecule has 11 N–H and O–H groups in total. The van der Waals surface area contributed by atoms with Crippen molar-refractivity contribution in [3.05, 3.63) is 0 Å². The molecule has 0 amide bonds. The van der Waals surface area contributed by atoms with Gasteiger partial charge in [-0.1, -0.05) is 39.5 Å². The summed E-state index contributed by atoms with van der Waals surface area (Å²) in [6, 6.07) is 0. The lowest BCUT2D eigenvalue weighted by molar-refractivity contribution is 0.638. The number of hydrazine groups is 3. The van der Waals surface area contributed by atoms with Crippen LogP contribution >= 0.6 is 0 Å². The lowest BCUT2D eigenvalue weighted by Crippen LogP contribution is -2.21. The van der Waals surface area contributed by atoms with E-state index in [1.165, 1.54) is 32.1 Å². The summed E-state index contributed by atoms with van der Waals surface area (Å²) >= 11 is 0. The van der Waals surface area contributed by atoms with Crippen molar-refractivity contribution in [2.75, 3.05) is 27.2 Å². The summed E-state index contributed by atoms with van der Waals surface area (Å²) in [7, 11) is 3.64. The van der Waals surface area contributed by atoms with Gasteiger partial charge in [0.25, 0.3) is 0 Å². The molecule has 0 aliphatic heterocycles. The number of nitrogens with two attached hydrogens (primary N) is 4. The van der Waals surface area contributed by atoms with Gasteiger partial charge >= 0.3 is 0 Å². The third kappa shape index (κ3) is 75.4. The quantitative estimate of drug-likeness (QED) is 0.188. The van der Waals surface area contributed by atoms with E-state index in [-0.39, 0.29) is 0 Å². The van der Waals surface area contributed by atoms with Gasteiger partial charge in [-0.25, -0.2) is 0 Å². The lowest BCUT2D eigenvalue weighted by Gasteiger charge is -1.93. The van der Waals surface area contributed by atoms with E-state index < -0.39 is 0 Å². The van der Waals surface area contributed by atoms with Crippen LogP contribution in [-0.4, -0.2) is 27.2 Å². The third-order valence-corrected chi connectivity index (χ3v) is 1.76. The largest absolute Gasteiger partial charge is 0.330 e. The summed E-state index contributed by atoms with van der Waals surface area (Å²) in [6.07, 6.45) is 6.60. The molecular formula is C11H37N7. The standard InChI is InChI=1S/C7H17N.2C2H8N2.H4N2/c1-2-3-4-5-6-7-8;1-3-4-2;1-2-4-3;1-2/h2-8H2,1H3;3-4H,1-2H3;4H,2-3H2,1H3;1-2H2. The average Bonchev–Trinajstić information content (AvgIpc) is 2.46. The second-order valence-electron chi connectivity index (χ2n) is 3.26. The number of hydrogen-bond acceptors (Lipinski definition) is 7. The van der Waals surface area contributed by atoms with E-state index in [2.05, 4.69) is 34.9 Å². The van der Waals surface area contributed by atoms with Crippen LogP contribution in [0.25, 0.3) is 0 Å². The fraction of sp³-hybridized carbons (Fsp3) is 1.00. The van der Waals surface area contributed by atoms with Crippen LogP contribution in [0.15, 0.2) is 0 Å². The Bertz CT molecular complexity index is 69.8. The molecular weight excluding hydrogens is 230 g/mol. The maximum atomic E-state index is 5.31. The minimum absolute atomic E-state index is 0.847. The van der Waals surface area contributed by atoms with Crippen LogP contribution in [0.1, 0.15) is 46.0 Å². The molecule has 0 aliphatic carbocycles. The van der Waals surface area contributed by atoms with Crippen LogP contribution in [0, 0.1) is 0 Å². The van der Waals surface area contributed by atoms with Crippen molar-refractivity contribution in [1.82, 2.24) is 16.3 Å². The Morgan fingerprint density at radius 1 is 0.833 bits per heavy atom. The van der Waals surface area contributed by atoms with Crippen LogP contribution < -0.4 is 39.5 Å². The van der Waals surface area contributed by atoms with Crippen molar-refractivity contribution in [2.45, 2.75) is 46.0 Å². The molecule has 0 aliphatic rings. The number of rotatable bonds is 7. The summed E-state index contributed by atoms with van der Waals surface area (Å²) in [6.45, 7) is 5.88. The van der Waals surface area contributed by atoms with Crippen molar-refractivity contribution in [3.63, 3.8) is 0 Å². The molecule has 0 aromatic carbocycles. The second-order valence-corrected chi connectivity index (χ2v) is 3.26. The minimum Gasteiger partial charge on any atom is -0.330 e. The molecule has 0 heterocycles. The third-order valence-electron chi connectivity index (χ3n) is 1.76. The molecule has 0 atom stereocenters. The van der Waals surface area contributed by atoms with E-state index in [1.807, 2.05) is 21.0 Å². The first kappa shape index (κ1) is 26.3. The van der Waals surface area contributed by atoms with E-state index in [9.17, 15) is 0 Å². The van der Waals surface area contributed by atoms with Gasteiger partial charge in [0.05, 0.1) is 0 Å². The fourth-order valence-corrected chi connectivity index (χ4v) is 0.748. The highest BCUT2D eigenvalue weighted by molar-refractivity contribution is 4.41. The highest BCUT2D eigenvalue weighted by Crippen LogP contribution is 2.00. The predicted octanol–water partition coefficient (Wildman–Crippen LogP) is -0.456. The normalized spacial score (nSPS) is 8.00. The number of hydrogen-bond donors (Lipinski definition) is 7. The first-order valence-electron chi connectivity index (χ1n) is 6.55. The van der Waals surface area contributed by atoms with E-state index in [0.29, 0.717) is 0 Å². The highest BCUT2D eigenvalue weighted by atomic mass is 15.3. The van der Waals surface area contributed by atoms with Crippen molar-refractivity contribution < 1.29 is 0 Å². The summed E-state index contributed by atoms with van der Waals surface area (Å²) in [5.74, 6) is 12.8. The molecule has 0 aromatic rings. The Hall–Kier alpha value is -0.280. The zero-order valence-corrected chi connectivity index (χ0v) is 12.8.